The maximum atomic E-state index is 12.4. The number of carbonyl (C=O) groups is 3. The summed E-state index contributed by atoms with van der Waals surface area (Å²) in [5, 5.41) is 11.8. The summed E-state index contributed by atoms with van der Waals surface area (Å²) in [5.74, 6) is -1.03. The molecule has 7 heteroatoms. The van der Waals surface area contributed by atoms with Gasteiger partial charge in [0.1, 0.15) is 0 Å². The van der Waals surface area contributed by atoms with E-state index in [9.17, 15) is 14.4 Å². The zero-order valence-corrected chi connectivity index (χ0v) is 12.6. The quantitative estimate of drug-likeness (QED) is 0.869. The molecular weight excluding hydrogens is 300 g/mol. The number of amides is 2. The number of nitrogens with zero attached hydrogens (tertiary/aromatic N) is 1. The third kappa shape index (κ3) is 3.13. The highest BCUT2D eigenvalue weighted by Gasteiger charge is 2.29. The van der Waals surface area contributed by atoms with Crippen LogP contribution in [0.15, 0.2) is 18.2 Å². The lowest BCUT2D eigenvalue weighted by molar-refractivity contribution is -0.143. The SMILES string of the molecule is O=C1CCOc2c(NC(=O)N3CCCC(C(=O)O)C3)cccc21. The summed E-state index contributed by atoms with van der Waals surface area (Å²) in [7, 11) is 0. The van der Waals surface area contributed by atoms with E-state index < -0.39 is 11.9 Å². The van der Waals surface area contributed by atoms with Crippen molar-refractivity contribution >= 4 is 23.5 Å². The van der Waals surface area contributed by atoms with Crippen LogP contribution in [0.2, 0.25) is 0 Å². The van der Waals surface area contributed by atoms with Crippen LogP contribution in [0.3, 0.4) is 0 Å². The van der Waals surface area contributed by atoms with Crippen molar-refractivity contribution in [1.82, 2.24) is 4.90 Å². The van der Waals surface area contributed by atoms with Gasteiger partial charge in [-0.1, -0.05) is 6.07 Å². The number of ketones is 1. The molecule has 0 aliphatic carbocycles. The average Bonchev–Trinajstić information content (AvgIpc) is 2.56. The highest BCUT2D eigenvalue weighted by atomic mass is 16.5. The lowest BCUT2D eigenvalue weighted by Gasteiger charge is -2.31. The number of ether oxygens (including phenoxy) is 1. The lowest BCUT2D eigenvalue weighted by Crippen LogP contribution is -2.44. The largest absolute Gasteiger partial charge is 0.490 e. The number of para-hydroxylation sites is 1. The summed E-state index contributed by atoms with van der Waals surface area (Å²) < 4.78 is 5.52. The van der Waals surface area contributed by atoms with Crippen LogP contribution in [-0.4, -0.2) is 47.5 Å². The van der Waals surface area contributed by atoms with E-state index in [1.165, 1.54) is 4.90 Å². The number of urea groups is 1. The van der Waals surface area contributed by atoms with Gasteiger partial charge in [0, 0.05) is 19.5 Å². The Hall–Kier alpha value is -2.57. The monoisotopic (exact) mass is 318 g/mol. The van der Waals surface area contributed by atoms with Crippen molar-refractivity contribution in [3.63, 3.8) is 0 Å². The summed E-state index contributed by atoms with van der Waals surface area (Å²) in [4.78, 5) is 36.8. The summed E-state index contributed by atoms with van der Waals surface area (Å²) >= 11 is 0. The third-order valence-corrected chi connectivity index (χ3v) is 4.19. The van der Waals surface area contributed by atoms with Crippen molar-refractivity contribution in [2.24, 2.45) is 5.92 Å². The Morgan fingerprint density at radius 2 is 2.17 bits per heavy atom. The summed E-state index contributed by atoms with van der Waals surface area (Å²) in [5.41, 5.74) is 0.911. The van der Waals surface area contributed by atoms with Crippen LogP contribution in [0, 0.1) is 5.92 Å². The van der Waals surface area contributed by atoms with Crippen molar-refractivity contribution in [1.29, 1.82) is 0 Å². The van der Waals surface area contributed by atoms with Gasteiger partial charge in [0.05, 0.1) is 23.8 Å². The molecule has 1 aromatic rings. The van der Waals surface area contributed by atoms with E-state index in [0.717, 1.165) is 0 Å². The second kappa shape index (κ2) is 6.28. The van der Waals surface area contributed by atoms with Gasteiger partial charge in [0.15, 0.2) is 11.5 Å². The summed E-state index contributed by atoms with van der Waals surface area (Å²) in [6.07, 6.45) is 1.57. The Balaban J connectivity index is 1.75. The number of fused-ring (bicyclic) bond motifs is 1. The van der Waals surface area contributed by atoms with Crippen LogP contribution in [0.25, 0.3) is 0 Å². The molecule has 0 saturated carbocycles. The smallest absolute Gasteiger partial charge is 0.321 e. The number of likely N-dealkylation sites (tertiary alicyclic amines) is 1. The van der Waals surface area contributed by atoms with Crippen molar-refractivity contribution in [2.75, 3.05) is 25.0 Å². The fourth-order valence-corrected chi connectivity index (χ4v) is 2.95. The number of rotatable bonds is 2. The van der Waals surface area contributed by atoms with E-state index in [0.29, 0.717) is 49.4 Å². The molecule has 1 fully saturated rings. The Kier molecular flexibility index (Phi) is 4.18. The molecule has 0 radical (unpaired) electrons. The number of carboxylic acid groups (broad SMARTS) is 1. The molecule has 7 nitrogen and oxygen atoms in total. The van der Waals surface area contributed by atoms with Gasteiger partial charge >= 0.3 is 12.0 Å². The summed E-state index contributed by atoms with van der Waals surface area (Å²) in [6.45, 7) is 1.00. The number of benzene rings is 1. The van der Waals surface area contributed by atoms with Crippen LogP contribution >= 0.6 is 0 Å². The van der Waals surface area contributed by atoms with E-state index in [-0.39, 0.29) is 18.4 Å². The number of carboxylic acids is 1. The number of aliphatic carboxylic acids is 1. The van der Waals surface area contributed by atoms with E-state index in [2.05, 4.69) is 5.32 Å². The Labute approximate surface area is 133 Å². The highest BCUT2D eigenvalue weighted by Crippen LogP contribution is 2.33. The Bertz CT molecular complexity index is 658. The molecule has 2 aliphatic heterocycles. The van der Waals surface area contributed by atoms with Gasteiger partial charge < -0.3 is 20.1 Å². The van der Waals surface area contributed by atoms with E-state index in [4.69, 9.17) is 9.84 Å². The van der Waals surface area contributed by atoms with Crippen LogP contribution in [0.4, 0.5) is 10.5 Å². The molecule has 0 bridgehead atoms. The fourth-order valence-electron chi connectivity index (χ4n) is 2.95. The van der Waals surface area contributed by atoms with Crippen LogP contribution < -0.4 is 10.1 Å². The highest BCUT2D eigenvalue weighted by molar-refractivity contribution is 6.03. The second-order valence-corrected chi connectivity index (χ2v) is 5.76. The predicted octanol–water partition coefficient (Wildman–Crippen LogP) is 1.98. The zero-order chi connectivity index (χ0) is 16.4. The molecule has 2 heterocycles. The molecule has 2 amide bonds. The van der Waals surface area contributed by atoms with E-state index in [1.807, 2.05) is 0 Å². The van der Waals surface area contributed by atoms with Gasteiger partial charge in [0.25, 0.3) is 0 Å². The zero-order valence-electron chi connectivity index (χ0n) is 12.6. The minimum absolute atomic E-state index is 0.00809. The van der Waals surface area contributed by atoms with Crippen LogP contribution in [0.5, 0.6) is 5.75 Å². The molecule has 23 heavy (non-hydrogen) atoms. The molecular formula is C16H18N2O5. The topological polar surface area (TPSA) is 95.9 Å². The third-order valence-electron chi connectivity index (χ3n) is 4.19. The molecule has 0 spiro atoms. The molecule has 2 aliphatic rings. The van der Waals surface area contributed by atoms with Gasteiger partial charge in [-0.3, -0.25) is 9.59 Å². The van der Waals surface area contributed by atoms with Gasteiger partial charge in [-0.2, -0.15) is 0 Å². The minimum Gasteiger partial charge on any atom is -0.490 e. The van der Waals surface area contributed by atoms with Gasteiger partial charge in [-0.15, -0.1) is 0 Å². The van der Waals surface area contributed by atoms with Crippen LogP contribution in [-0.2, 0) is 4.79 Å². The minimum atomic E-state index is -0.881. The number of piperidine rings is 1. The van der Waals surface area contributed by atoms with E-state index in [1.54, 1.807) is 18.2 Å². The van der Waals surface area contributed by atoms with Crippen molar-refractivity contribution in [2.45, 2.75) is 19.3 Å². The maximum absolute atomic E-state index is 12.4. The normalized spacial score (nSPS) is 20.4. The lowest BCUT2D eigenvalue weighted by atomic mass is 9.99. The molecule has 122 valence electrons. The first-order valence-electron chi connectivity index (χ1n) is 7.64. The molecule has 2 N–H and O–H groups in total. The Morgan fingerprint density at radius 1 is 1.35 bits per heavy atom. The predicted molar refractivity (Wildman–Crippen MR) is 81.8 cm³/mol. The van der Waals surface area contributed by atoms with Crippen LogP contribution in [0.1, 0.15) is 29.6 Å². The molecule has 1 saturated heterocycles. The summed E-state index contributed by atoms with van der Waals surface area (Å²) in [6, 6.07) is 4.67. The number of carbonyl (C=O) groups excluding carboxylic acids is 2. The first-order valence-corrected chi connectivity index (χ1v) is 7.64. The molecule has 3 rings (SSSR count). The standard InChI is InChI=1S/C16H18N2O5/c19-13-6-8-23-14-11(13)4-1-5-12(14)17-16(22)18-7-2-3-10(9-18)15(20)21/h1,4-5,10H,2-3,6-9H2,(H,17,22)(H,20,21). The van der Waals surface area contributed by atoms with Crippen molar-refractivity contribution in [3.05, 3.63) is 23.8 Å². The molecule has 1 atom stereocenters. The first kappa shape index (κ1) is 15.3. The first-order chi connectivity index (χ1) is 11.1. The molecule has 0 aromatic heterocycles. The Morgan fingerprint density at radius 3 is 2.96 bits per heavy atom. The molecule has 1 unspecified atom stereocenters. The second-order valence-electron chi connectivity index (χ2n) is 5.76. The fraction of sp³-hybridized carbons (Fsp3) is 0.438. The van der Waals surface area contributed by atoms with E-state index >= 15 is 0 Å². The molecule has 1 aromatic carbocycles. The van der Waals surface area contributed by atoms with Gasteiger partial charge in [-0.25, -0.2) is 4.79 Å². The van der Waals surface area contributed by atoms with Crippen molar-refractivity contribution < 1.29 is 24.2 Å². The maximum Gasteiger partial charge on any atom is 0.321 e. The van der Waals surface area contributed by atoms with Gasteiger partial charge in [-0.05, 0) is 25.0 Å². The number of anilines is 1. The van der Waals surface area contributed by atoms with Crippen molar-refractivity contribution in [3.8, 4) is 5.75 Å². The number of hydrogen-bond acceptors (Lipinski definition) is 4. The average molecular weight is 318 g/mol. The number of hydrogen-bond donors (Lipinski definition) is 2. The van der Waals surface area contributed by atoms with Gasteiger partial charge in [0.2, 0.25) is 0 Å². The number of Topliss-reactive ketones (excluding diaryl/α,β-unsaturated/α-hetero) is 1. The number of nitrogens with one attached hydrogen (secondary N) is 1.